The van der Waals surface area contributed by atoms with Crippen molar-refractivity contribution in [3.05, 3.63) is 28.3 Å². The van der Waals surface area contributed by atoms with Crippen LogP contribution in [0.3, 0.4) is 0 Å². The molecule has 1 rings (SSSR count). The minimum absolute atomic E-state index is 0.185. The fourth-order valence-electron chi connectivity index (χ4n) is 0.711. The van der Waals surface area contributed by atoms with Crippen molar-refractivity contribution in [3.8, 4) is 0 Å². The van der Waals surface area contributed by atoms with E-state index in [9.17, 15) is 4.79 Å². The number of ether oxygens (including phenoxy) is 1. The molecule has 14 heavy (non-hydrogen) atoms. The van der Waals surface area contributed by atoms with Gasteiger partial charge in [-0.25, -0.2) is 14.8 Å². The van der Waals surface area contributed by atoms with Crippen LogP contribution in [0.2, 0.25) is 10.3 Å². The van der Waals surface area contributed by atoms with Gasteiger partial charge in [-0.2, -0.15) is 0 Å². The van der Waals surface area contributed by atoms with Gasteiger partial charge in [0, 0.05) is 11.6 Å². The van der Waals surface area contributed by atoms with Gasteiger partial charge in [-0.15, -0.1) is 0 Å². The summed E-state index contributed by atoms with van der Waals surface area (Å²) in [5.74, 6) is -0.499. The van der Waals surface area contributed by atoms with Crippen molar-refractivity contribution in [3.63, 3.8) is 0 Å². The zero-order valence-corrected chi connectivity index (χ0v) is 8.71. The van der Waals surface area contributed by atoms with Gasteiger partial charge in [0.15, 0.2) is 0 Å². The molecule has 0 saturated carbocycles. The fourth-order valence-corrected chi connectivity index (χ4v) is 1.15. The first-order valence-electron chi connectivity index (χ1n) is 3.57. The summed E-state index contributed by atoms with van der Waals surface area (Å²) in [6.45, 7) is 0. The highest BCUT2D eigenvalue weighted by atomic mass is 35.5. The first-order chi connectivity index (χ1) is 6.65. The lowest BCUT2D eigenvalue weighted by molar-refractivity contribution is -0.134. The zero-order valence-electron chi connectivity index (χ0n) is 7.20. The van der Waals surface area contributed by atoms with Crippen molar-refractivity contribution in [2.45, 2.75) is 0 Å². The second kappa shape index (κ2) is 4.93. The lowest BCUT2D eigenvalue weighted by atomic mass is 10.3. The Kier molecular flexibility index (Phi) is 3.85. The molecule has 0 atom stereocenters. The third kappa shape index (κ3) is 2.68. The first kappa shape index (κ1) is 10.9. The molecule has 0 bridgehead atoms. The Hall–Kier alpha value is -1.13. The average molecular weight is 233 g/mol. The van der Waals surface area contributed by atoms with Crippen molar-refractivity contribution >= 4 is 35.2 Å². The molecular formula is C8H6Cl2N2O2. The normalized spacial score (nSPS) is 10.5. The summed E-state index contributed by atoms with van der Waals surface area (Å²) in [5, 5.41) is 0.371. The molecule has 0 radical (unpaired) electrons. The van der Waals surface area contributed by atoms with E-state index in [1.54, 1.807) is 0 Å². The number of nitrogens with zero attached hydrogens (tertiary/aromatic N) is 2. The van der Waals surface area contributed by atoms with Gasteiger partial charge in [-0.1, -0.05) is 23.2 Å². The molecule has 1 aromatic heterocycles. The molecule has 4 nitrogen and oxygen atoms in total. The quantitative estimate of drug-likeness (QED) is 0.445. The van der Waals surface area contributed by atoms with Crippen LogP contribution in [0.25, 0.3) is 6.08 Å². The van der Waals surface area contributed by atoms with E-state index in [-0.39, 0.29) is 10.3 Å². The molecule has 0 spiro atoms. The van der Waals surface area contributed by atoms with E-state index < -0.39 is 5.97 Å². The number of halogens is 2. The van der Waals surface area contributed by atoms with E-state index >= 15 is 0 Å². The van der Waals surface area contributed by atoms with Crippen LogP contribution in [-0.4, -0.2) is 23.0 Å². The van der Waals surface area contributed by atoms with Gasteiger partial charge in [-0.05, 0) is 6.08 Å². The Labute approximate surface area is 90.5 Å². The largest absolute Gasteiger partial charge is 0.466 e. The van der Waals surface area contributed by atoms with Crippen molar-refractivity contribution in [2.24, 2.45) is 0 Å². The minimum atomic E-state index is -0.499. The molecule has 0 amide bonds. The molecule has 0 unspecified atom stereocenters. The molecule has 0 aliphatic carbocycles. The summed E-state index contributed by atoms with van der Waals surface area (Å²) in [6, 6.07) is 0. The number of carbonyl (C=O) groups is 1. The smallest absolute Gasteiger partial charge is 0.330 e. The second-order valence-electron chi connectivity index (χ2n) is 2.23. The van der Waals surface area contributed by atoms with Crippen molar-refractivity contribution in [1.82, 2.24) is 9.97 Å². The standard InChI is InChI=1S/C8H6Cl2N2O2/c1-14-6(13)3-2-5-7(9)11-4-12-8(5)10/h2-4H,1H3. The van der Waals surface area contributed by atoms with E-state index in [1.165, 1.54) is 25.6 Å². The number of hydrogen-bond donors (Lipinski definition) is 0. The highest BCUT2D eigenvalue weighted by Gasteiger charge is 2.04. The summed E-state index contributed by atoms with van der Waals surface area (Å²) in [6.07, 6.45) is 3.83. The number of methoxy groups -OCH3 is 1. The monoisotopic (exact) mass is 232 g/mol. The van der Waals surface area contributed by atoms with Crippen LogP contribution < -0.4 is 0 Å². The highest BCUT2D eigenvalue weighted by molar-refractivity contribution is 6.35. The zero-order chi connectivity index (χ0) is 10.6. The predicted octanol–water partition coefficient (Wildman–Crippen LogP) is 1.97. The maximum Gasteiger partial charge on any atom is 0.330 e. The Balaban J connectivity index is 2.96. The summed E-state index contributed by atoms with van der Waals surface area (Å²) >= 11 is 11.4. The number of esters is 1. The van der Waals surface area contributed by atoms with E-state index in [4.69, 9.17) is 23.2 Å². The van der Waals surface area contributed by atoms with Gasteiger partial charge in [0.25, 0.3) is 0 Å². The lowest BCUT2D eigenvalue weighted by Crippen LogP contribution is -1.94. The van der Waals surface area contributed by atoms with Crippen molar-refractivity contribution < 1.29 is 9.53 Å². The van der Waals surface area contributed by atoms with Crippen LogP contribution >= 0.6 is 23.2 Å². The molecule has 1 aromatic rings. The van der Waals surface area contributed by atoms with Crippen LogP contribution in [0, 0.1) is 0 Å². The molecule has 0 saturated heterocycles. The number of aromatic nitrogens is 2. The van der Waals surface area contributed by atoms with E-state index in [2.05, 4.69) is 14.7 Å². The average Bonchev–Trinajstić information content (AvgIpc) is 2.16. The van der Waals surface area contributed by atoms with E-state index in [0.717, 1.165) is 0 Å². The topological polar surface area (TPSA) is 52.1 Å². The van der Waals surface area contributed by atoms with Crippen molar-refractivity contribution in [2.75, 3.05) is 7.11 Å². The van der Waals surface area contributed by atoms with Crippen LogP contribution in [0.5, 0.6) is 0 Å². The van der Waals surface area contributed by atoms with Crippen molar-refractivity contribution in [1.29, 1.82) is 0 Å². The second-order valence-corrected chi connectivity index (χ2v) is 2.94. The molecule has 0 N–H and O–H groups in total. The summed E-state index contributed by atoms with van der Waals surface area (Å²) in [7, 11) is 1.28. The fraction of sp³-hybridized carbons (Fsp3) is 0.125. The van der Waals surface area contributed by atoms with Crippen LogP contribution in [0.4, 0.5) is 0 Å². The minimum Gasteiger partial charge on any atom is -0.466 e. The van der Waals surface area contributed by atoms with Gasteiger partial charge >= 0.3 is 5.97 Å². The van der Waals surface area contributed by atoms with Gasteiger partial charge in [-0.3, -0.25) is 0 Å². The van der Waals surface area contributed by atoms with Crippen LogP contribution in [0.1, 0.15) is 5.56 Å². The number of carbonyl (C=O) groups excluding carboxylic acids is 1. The lowest BCUT2D eigenvalue weighted by Gasteiger charge is -1.97. The maximum absolute atomic E-state index is 10.8. The summed E-state index contributed by atoms with van der Waals surface area (Å²) < 4.78 is 4.40. The summed E-state index contributed by atoms with van der Waals surface area (Å²) in [4.78, 5) is 18.2. The molecule has 6 heteroatoms. The molecule has 0 aromatic carbocycles. The van der Waals surface area contributed by atoms with E-state index in [1.807, 2.05) is 0 Å². The molecule has 74 valence electrons. The Morgan fingerprint density at radius 1 is 1.43 bits per heavy atom. The Bertz CT molecular complexity index is 359. The molecular weight excluding hydrogens is 227 g/mol. The molecule has 1 heterocycles. The van der Waals surface area contributed by atoms with Gasteiger partial charge in [0.05, 0.1) is 7.11 Å². The van der Waals surface area contributed by atoms with Gasteiger partial charge < -0.3 is 4.74 Å². The van der Waals surface area contributed by atoms with E-state index in [0.29, 0.717) is 5.56 Å². The van der Waals surface area contributed by atoms with Crippen LogP contribution in [0.15, 0.2) is 12.4 Å². The molecule has 0 fully saturated rings. The molecule has 0 aliphatic rings. The Morgan fingerprint density at radius 2 is 2.00 bits per heavy atom. The van der Waals surface area contributed by atoms with Crippen LogP contribution in [-0.2, 0) is 9.53 Å². The van der Waals surface area contributed by atoms with Gasteiger partial charge in [0.1, 0.15) is 16.6 Å². The highest BCUT2D eigenvalue weighted by Crippen LogP contribution is 2.20. The first-order valence-corrected chi connectivity index (χ1v) is 4.32. The SMILES string of the molecule is COC(=O)C=Cc1c(Cl)ncnc1Cl. The number of rotatable bonds is 2. The Morgan fingerprint density at radius 3 is 2.50 bits per heavy atom. The maximum atomic E-state index is 10.8. The summed E-state index contributed by atoms with van der Waals surface area (Å²) in [5.41, 5.74) is 0.390. The molecule has 0 aliphatic heterocycles. The predicted molar refractivity (Wildman–Crippen MR) is 53.1 cm³/mol. The third-order valence-corrected chi connectivity index (χ3v) is 1.98. The third-order valence-electron chi connectivity index (χ3n) is 1.37. The van der Waals surface area contributed by atoms with Gasteiger partial charge in [0.2, 0.25) is 0 Å². The number of hydrogen-bond acceptors (Lipinski definition) is 4.